The largest absolute Gasteiger partial charge is 0.291 e. The van der Waals surface area contributed by atoms with Gasteiger partial charge in [0.25, 0.3) is 0 Å². The normalized spacial score (nSPS) is 12.2. The lowest BCUT2D eigenvalue weighted by molar-refractivity contribution is -0.136. The molecule has 0 bridgehead atoms. The fraction of sp³-hybridized carbons (Fsp3) is 0.364. The van der Waals surface area contributed by atoms with Crippen LogP contribution in [-0.2, 0) is 9.59 Å². The number of pyridine rings is 1. The predicted molar refractivity (Wildman–Crippen MR) is 53.1 cm³/mol. The zero-order valence-electron chi connectivity index (χ0n) is 8.57. The van der Waals surface area contributed by atoms with Gasteiger partial charge < -0.3 is 0 Å². The van der Waals surface area contributed by atoms with Crippen molar-refractivity contribution in [1.29, 1.82) is 0 Å². The summed E-state index contributed by atoms with van der Waals surface area (Å²) < 4.78 is 0. The van der Waals surface area contributed by atoms with Crippen LogP contribution in [0.3, 0.4) is 0 Å². The molecule has 0 aliphatic rings. The standard InChI is InChI=1S/C11H13NO2/c1-7-6-12-5-4-10(7)8(2)11(14)9(3)13/h4-6,8H,1-3H3. The number of ketones is 2. The van der Waals surface area contributed by atoms with E-state index < -0.39 is 5.78 Å². The van der Waals surface area contributed by atoms with E-state index >= 15 is 0 Å². The van der Waals surface area contributed by atoms with Crippen molar-refractivity contribution in [2.24, 2.45) is 0 Å². The number of hydrogen-bond donors (Lipinski definition) is 0. The highest BCUT2D eigenvalue weighted by Gasteiger charge is 2.20. The van der Waals surface area contributed by atoms with Crippen LogP contribution in [0.1, 0.15) is 30.9 Å². The lowest BCUT2D eigenvalue weighted by atomic mass is 9.93. The van der Waals surface area contributed by atoms with Gasteiger partial charge in [-0.05, 0) is 24.1 Å². The Labute approximate surface area is 83.2 Å². The summed E-state index contributed by atoms with van der Waals surface area (Å²) in [7, 11) is 0. The van der Waals surface area contributed by atoms with Crippen LogP contribution in [0.15, 0.2) is 18.5 Å². The summed E-state index contributed by atoms with van der Waals surface area (Å²) in [6.07, 6.45) is 3.32. The van der Waals surface area contributed by atoms with Crippen LogP contribution in [-0.4, -0.2) is 16.6 Å². The number of carbonyl (C=O) groups is 2. The predicted octanol–water partition coefficient (Wildman–Crippen LogP) is 1.65. The summed E-state index contributed by atoms with van der Waals surface area (Å²) in [6, 6.07) is 1.78. The lowest BCUT2D eigenvalue weighted by Gasteiger charge is -2.10. The molecule has 0 saturated carbocycles. The van der Waals surface area contributed by atoms with Crippen molar-refractivity contribution in [2.75, 3.05) is 0 Å². The van der Waals surface area contributed by atoms with E-state index in [1.54, 1.807) is 25.4 Å². The molecule has 0 saturated heterocycles. The summed E-state index contributed by atoms with van der Waals surface area (Å²) in [5, 5.41) is 0. The minimum atomic E-state index is -0.395. The summed E-state index contributed by atoms with van der Waals surface area (Å²) in [5.41, 5.74) is 1.81. The maximum Gasteiger partial charge on any atom is 0.205 e. The van der Waals surface area contributed by atoms with Crippen molar-refractivity contribution in [3.63, 3.8) is 0 Å². The summed E-state index contributed by atoms with van der Waals surface area (Å²) in [5.74, 6) is -1.11. The SMILES string of the molecule is CC(=O)C(=O)C(C)c1ccncc1C. The average molecular weight is 191 g/mol. The third-order valence-electron chi connectivity index (χ3n) is 2.27. The molecule has 0 aliphatic carbocycles. The van der Waals surface area contributed by atoms with Crippen LogP contribution in [0.2, 0.25) is 0 Å². The Hall–Kier alpha value is -1.51. The Morgan fingerprint density at radius 1 is 1.43 bits per heavy atom. The second-order valence-corrected chi connectivity index (χ2v) is 3.37. The number of rotatable bonds is 3. The maximum atomic E-state index is 11.4. The lowest BCUT2D eigenvalue weighted by Crippen LogP contribution is -2.18. The summed E-state index contributed by atoms with van der Waals surface area (Å²) in [6.45, 7) is 4.92. The van der Waals surface area contributed by atoms with Crippen LogP contribution in [0.5, 0.6) is 0 Å². The molecule has 1 rings (SSSR count). The fourth-order valence-electron chi connectivity index (χ4n) is 1.42. The number of aryl methyl sites for hydroxylation is 1. The van der Waals surface area contributed by atoms with Crippen LogP contribution in [0.25, 0.3) is 0 Å². The maximum absolute atomic E-state index is 11.4. The molecule has 74 valence electrons. The van der Waals surface area contributed by atoms with Crippen molar-refractivity contribution in [3.05, 3.63) is 29.6 Å². The van der Waals surface area contributed by atoms with E-state index in [4.69, 9.17) is 0 Å². The van der Waals surface area contributed by atoms with E-state index in [9.17, 15) is 9.59 Å². The molecule has 1 aromatic heterocycles. The Kier molecular flexibility index (Phi) is 3.12. The van der Waals surface area contributed by atoms with Crippen molar-refractivity contribution >= 4 is 11.6 Å². The fourth-order valence-corrected chi connectivity index (χ4v) is 1.42. The highest BCUT2D eigenvalue weighted by Crippen LogP contribution is 2.19. The molecular formula is C11H13NO2. The Morgan fingerprint density at radius 2 is 2.07 bits per heavy atom. The van der Waals surface area contributed by atoms with E-state index in [2.05, 4.69) is 4.98 Å². The molecule has 14 heavy (non-hydrogen) atoms. The molecule has 1 aromatic rings. The molecule has 0 fully saturated rings. The average Bonchev–Trinajstić information content (AvgIpc) is 2.16. The molecule has 0 amide bonds. The van der Waals surface area contributed by atoms with E-state index in [1.807, 2.05) is 6.92 Å². The quantitative estimate of drug-likeness (QED) is 0.682. The first-order valence-electron chi connectivity index (χ1n) is 4.49. The van der Waals surface area contributed by atoms with Gasteiger partial charge in [-0.2, -0.15) is 0 Å². The third-order valence-corrected chi connectivity index (χ3v) is 2.27. The van der Waals surface area contributed by atoms with Gasteiger partial charge in [0.1, 0.15) is 0 Å². The van der Waals surface area contributed by atoms with E-state index in [0.29, 0.717) is 0 Å². The molecule has 0 aliphatic heterocycles. The van der Waals surface area contributed by atoms with Gasteiger partial charge in [0, 0.05) is 25.2 Å². The first-order valence-corrected chi connectivity index (χ1v) is 4.49. The number of aromatic nitrogens is 1. The van der Waals surface area contributed by atoms with Gasteiger partial charge in [0.2, 0.25) is 5.78 Å². The molecule has 1 unspecified atom stereocenters. The molecule has 0 N–H and O–H groups in total. The van der Waals surface area contributed by atoms with Gasteiger partial charge in [0.15, 0.2) is 5.78 Å². The number of carbonyl (C=O) groups excluding carboxylic acids is 2. The summed E-state index contributed by atoms with van der Waals surface area (Å²) in [4.78, 5) is 26.3. The number of hydrogen-bond acceptors (Lipinski definition) is 3. The van der Waals surface area contributed by atoms with Gasteiger partial charge >= 0.3 is 0 Å². The molecule has 1 atom stereocenters. The van der Waals surface area contributed by atoms with E-state index in [1.165, 1.54) is 6.92 Å². The van der Waals surface area contributed by atoms with Crippen LogP contribution in [0.4, 0.5) is 0 Å². The minimum absolute atomic E-state index is 0.348. The first kappa shape index (κ1) is 10.6. The van der Waals surface area contributed by atoms with Crippen molar-refractivity contribution in [2.45, 2.75) is 26.7 Å². The summed E-state index contributed by atoms with van der Waals surface area (Å²) >= 11 is 0. The molecule has 0 aromatic carbocycles. The van der Waals surface area contributed by atoms with Gasteiger partial charge in [-0.25, -0.2) is 0 Å². The second-order valence-electron chi connectivity index (χ2n) is 3.37. The van der Waals surface area contributed by atoms with Gasteiger partial charge in [-0.1, -0.05) is 6.92 Å². The first-order chi connectivity index (χ1) is 6.54. The monoisotopic (exact) mass is 191 g/mol. The highest BCUT2D eigenvalue weighted by molar-refractivity contribution is 6.38. The molecule has 3 nitrogen and oxygen atoms in total. The second kappa shape index (κ2) is 4.13. The van der Waals surface area contributed by atoms with Gasteiger partial charge in [0.05, 0.1) is 0 Å². The zero-order chi connectivity index (χ0) is 10.7. The van der Waals surface area contributed by atoms with Crippen LogP contribution in [0, 0.1) is 6.92 Å². The van der Waals surface area contributed by atoms with Crippen molar-refractivity contribution < 1.29 is 9.59 Å². The van der Waals surface area contributed by atoms with E-state index in [-0.39, 0.29) is 11.7 Å². The topological polar surface area (TPSA) is 47.0 Å². The molecular weight excluding hydrogens is 178 g/mol. The van der Waals surface area contributed by atoms with Crippen molar-refractivity contribution in [1.82, 2.24) is 4.98 Å². The smallest absolute Gasteiger partial charge is 0.205 e. The van der Waals surface area contributed by atoms with Crippen LogP contribution >= 0.6 is 0 Å². The van der Waals surface area contributed by atoms with Gasteiger partial charge in [-0.15, -0.1) is 0 Å². The zero-order valence-corrected chi connectivity index (χ0v) is 8.57. The minimum Gasteiger partial charge on any atom is -0.291 e. The molecule has 0 spiro atoms. The third kappa shape index (κ3) is 2.05. The van der Waals surface area contributed by atoms with Crippen LogP contribution < -0.4 is 0 Å². The Balaban J connectivity index is 3.01. The van der Waals surface area contributed by atoms with Gasteiger partial charge in [-0.3, -0.25) is 14.6 Å². The van der Waals surface area contributed by atoms with Crippen molar-refractivity contribution in [3.8, 4) is 0 Å². The molecule has 3 heteroatoms. The number of nitrogens with zero attached hydrogens (tertiary/aromatic N) is 1. The Bertz CT molecular complexity index is 371. The Morgan fingerprint density at radius 3 is 2.57 bits per heavy atom. The number of Topliss-reactive ketones (excluding diaryl/α,β-unsaturated/α-hetero) is 2. The molecule has 1 heterocycles. The highest BCUT2D eigenvalue weighted by atomic mass is 16.2. The van der Waals surface area contributed by atoms with E-state index in [0.717, 1.165) is 11.1 Å². The molecule has 0 radical (unpaired) electrons.